The van der Waals surface area contributed by atoms with Gasteiger partial charge in [0, 0.05) is 13.1 Å². The number of nitrogens with one attached hydrogen (secondary N) is 1. The summed E-state index contributed by atoms with van der Waals surface area (Å²) < 4.78 is 40.2. The molecular formula is C21H20F3N3O3. The molecule has 2 aromatic rings. The predicted octanol–water partition coefficient (Wildman–Crippen LogP) is 2.92. The van der Waals surface area contributed by atoms with E-state index in [9.17, 15) is 27.6 Å². The Morgan fingerprint density at radius 3 is 2.47 bits per heavy atom. The van der Waals surface area contributed by atoms with Gasteiger partial charge < -0.3 is 10.2 Å². The van der Waals surface area contributed by atoms with Crippen molar-refractivity contribution in [2.75, 3.05) is 13.1 Å². The van der Waals surface area contributed by atoms with Gasteiger partial charge >= 0.3 is 6.03 Å². The molecular weight excluding hydrogens is 399 g/mol. The first-order valence-corrected chi connectivity index (χ1v) is 9.27. The van der Waals surface area contributed by atoms with E-state index in [0.717, 1.165) is 17.0 Å². The zero-order valence-corrected chi connectivity index (χ0v) is 16.4. The van der Waals surface area contributed by atoms with Gasteiger partial charge in [0.05, 0.1) is 0 Å². The summed E-state index contributed by atoms with van der Waals surface area (Å²) in [7, 11) is 0. The van der Waals surface area contributed by atoms with Gasteiger partial charge in [0.25, 0.3) is 5.91 Å². The number of likely N-dealkylation sites (N-methyl/N-ethyl adjacent to an activating group) is 1. The van der Waals surface area contributed by atoms with Crippen LogP contribution in [0.25, 0.3) is 0 Å². The van der Waals surface area contributed by atoms with E-state index in [1.807, 2.05) is 0 Å². The molecule has 1 aliphatic rings. The van der Waals surface area contributed by atoms with E-state index in [2.05, 4.69) is 5.32 Å². The van der Waals surface area contributed by atoms with Crippen molar-refractivity contribution in [1.82, 2.24) is 15.1 Å². The maximum Gasteiger partial charge on any atom is 0.325 e. The Morgan fingerprint density at radius 1 is 1.10 bits per heavy atom. The predicted molar refractivity (Wildman–Crippen MR) is 101 cm³/mol. The number of hydrogen-bond donors (Lipinski definition) is 1. The van der Waals surface area contributed by atoms with Crippen LogP contribution < -0.4 is 5.32 Å². The Kier molecular flexibility index (Phi) is 5.82. The van der Waals surface area contributed by atoms with Crippen LogP contribution >= 0.6 is 0 Å². The molecule has 6 nitrogen and oxygen atoms in total. The van der Waals surface area contributed by atoms with Crippen molar-refractivity contribution < 1.29 is 27.6 Å². The minimum atomic E-state index is -1.63. The number of benzene rings is 2. The number of rotatable bonds is 6. The molecule has 1 heterocycles. The Morgan fingerprint density at radius 2 is 1.83 bits per heavy atom. The molecule has 3 rings (SSSR count). The molecule has 2 aromatic carbocycles. The number of hydrogen-bond acceptors (Lipinski definition) is 3. The molecule has 0 bridgehead atoms. The molecule has 1 unspecified atom stereocenters. The second-order valence-electron chi connectivity index (χ2n) is 7.11. The summed E-state index contributed by atoms with van der Waals surface area (Å²) in [6, 6.07) is 7.84. The van der Waals surface area contributed by atoms with Crippen LogP contribution in [0.5, 0.6) is 0 Å². The molecule has 0 radical (unpaired) electrons. The number of nitrogens with zero attached hydrogens (tertiary/aromatic N) is 2. The van der Waals surface area contributed by atoms with Gasteiger partial charge in [-0.15, -0.1) is 0 Å². The molecule has 1 saturated heterocycles. The van der Waals surface area contributed by atoms with Crippen molar-refractivity contribution in [2.45, 2.75) is 25.9 Å². The topological polar surface area (TPSA) is 69.7 Å². The second kappa shape index (κ2) is 8.17. The lowest BCUT2D eigenvalue weighted by Gasteiger charge is -2.25. The van der Waals surface area contributed by atoms with Gasteiger partial charge in [-0.05, 0) is 49.2 Å². The second-order valence-corrected chi connectivity index (χ2v) is 7.11. The Bertz CT molecular complexity index is 1010. The van der Waals surface area contributed by atoms with E-state index < -0.39 is 47.4 Å². The number of amides is 4. The maximum atomic E-state index is 13.6. The summed E-state index contributed by atoms with van der Waals surface area (Å²) in [5.74, 6) is -3.94. The molecule has 0 aromatic heterocycles. The number of carbonyl (C=O) groups is 3. The van der Waals surface area contributed by atoms with E-state index in [1.54, 1.807) is 13.0 Å². The fraction of sp³-hybridized carbons (Fsp3) is 0.286. The average Bonchev–Trinajstić information content (AvgIpc) is 2.92. The summed E-state index contributed by atoms with van der Waals surface area (Å²) in [5, 5.41) is 2.44. The van der Waals surface area contributed by atoms with Crippen molar-refractivity contribution in [3.05, 3.63) is 71.0 Å². The van der Waals surface area contributed by atoms with E-state index >= 15 is 0 Å². The van der Waals surface area contributed by atoms with Crippen LogP contribution in [0.2, 0.25) is 0 Å². The summed E-state index contributed by atoms with van der Waals surface area (Å²) in [6.07, 6.45) is 0. The molecule has 1 N–H and O–H groups in total. The molecule has 9 heteroatoms. The first kappa shape index (κ1) is 21.4. The molecule has 0 aliphatic carbocycles. The third-order valence-corrected chi connectivity index (χ3v) is 5.06. The zero-order valence-electron chi connectivity index (χ0n) is 16.4. The monoisotopic (exact) mass is 419 g/mol. The van der Waals surface area contributed by atoms with Gasteiger partial charge in [-0.25, -0.2) is 18.0 Å². The summed E-state index contributed by atoms with van der Waals surface area (Å²) >= 11 is 0. The summed E-state index contributed by atoms with van der Waals surface area (Å²) in [4.78, 5) is 40.1. The number of imide groups is 1. The van der Waals surface area contributed by atoms with E-state index in [1.165, 1.54) is 36.1 Å². The van der Waals surface area contributed by atoms with Crippen LogP contribution in [0.3, 0.4) is 0 Å². The molecule has 1 fully saturated rings. The minimum absolute atomic E-state index is 0.0572. The van der Waals surface area contributed by atoms with Crippen molar-refractivity contribution in [2.24, 2.45) is 0 Å². The molecule has 4 amide bonds. The van der Waals surface area contributed by atoms with Gasteiger partial charge in [0.2, 0.25) is 5.91 Å². The lowest BCUT2D eigenvalue weighted by Crippen LogP contribution is -2.44. The van der Waals surface area contributed by atoms with Crippen molar-refractivity contribution in [3.8, 4) is 0 Å². The van der Waals surface area contributed by atoms with Gasteiger partial charge in [-0.1, -0.05) is 18.2 Å². The molecule has 1 aliphatic heterocycles. The SMILES string of the molecule is CCN(Cc1cccc(F)c1)C(=O)CN1C(=O)NC(C)(c2ccc(F)c(F)c2)C1=O. The van der Waals surface area contributed by atoms with Gasteiger partial charge in [-0.3, -0.25) is 14.5 Å². The highest BCUT2D eigenvalue weighted by Gasteiger charge is 2.50. The molecule has 0 saturated carbocycles. The van der Waals surface area contributed by atoms with Crippen LogP contribution in [-0.4, -0.2) is 40.7 Å². The quantitative estimate of drug-likeness (QED) is 0.732. The van der Waals surface area contributed by atoms with E-state index in [4.69, 9.17) is 0 Å². The van der Waals surface area contributed by atoms with Crippen molar-refractivity contribution in [3.63, 3.8) is 0 Å². The molecule has 0 spiro atoms. The van der Waals surface area contributed by atoms with Gasteiger partial charge in [-0.2, -0.15) is 0 Å². The highest BCUT2D eigenvalue weighted by atomic mass is 19.2. The Hall–Kier alpha value is -3.36. The largest absolute Gasteiger partial charge is 0.337 e. The average molecular weight is 419 g/mol. The van der Waals surface area contributed by atoms with Crippen molar-refractivity contribution in [1.29, 1.82) is 0 Å². The lowest BCUT2D eigenvalue weighted by atomic mass is 9.92. The first-order valence-electron chi connectivity index (χ1n) is 9.27. The first-order chi connectivity index (χ1) is 14.2. The van der Waals surface area contributed by atoms with Crippen LogP contribution in [0.4, 0.5) is 18.0 Å². The highest BCUT2D eigenvalue weighted by molar-refractivity contribution is 6.09. The van der Waals surface area contributed by atoms with Crippen LogP contribution in [0, 0.1) is 17.5 Å². The third kappa shape index (κ3) is 4.00. The number of urea groups is 1. The third-order valence-electron chi connectivity index (χ3n) is 5.06. The van der Waals surface area contributed by atoms with Gasteiger partial charge in [0.1, 0.15) is 17.9 Å². The van der Waals surface area contributed by atoms with E-state index in [-0.39, 0.29) is 18.7 Å². The Balaban J connectivity index is 1.77. The number of carbonyl (C=O) groups excluding carboxylic acids is 3. The van der Waals surface area contributed by atoms with Crippen molar-refractivity contribution >= 4 is 17.8 Å². The van der Waals surface area contributed by atoms with Crippen LogP contribution in [0.1, 0.15) is 25.0 Å². The number of halogens is 3. The lowest BCUT2D eigenvalue weighted by molar-refractivity contribution is -0.139. The maximum absolute atomic E-state index is 13.6. The van der Waals surface area contributed by atoms with Crippen LogP contribution in [-0.2, 0) is 21.7 Å². The van der Waals surface area contributed by atoms with E-state index in [0.29, 0.717) is 5.56 Å². The summed E-state index contributed by atoms with van der Waals surface area (Å²) in [5.41, 5.74) is -1.01. The fourth-order valence-corrected chi connectivity index (χ4v) is 3.31. The fourth-order valence-electron chi connectivity index (χ4n) is 3.31. The molecule has 1 atom stereocenters. The smallest absolute Gasteiger partial charge is 0.325 e. The summed E-state index contributed by atoms with van der Waals surface area (Å²) in [6.45, 7) is 2.92. The highest BCUT2D eigenvalue weighted by Crippen LogP contribution is 2.29. The molecule has 158 valence electrons. The zero-order chi connectivity index (χ0) is 22.1. The molecule has 30 heavy (non-hydrogen) atoms. The Labute approximate surface area is 171 Å². The van der Waals surface area contributed by atoms with Crippen LogP contribution in [0.15, 0.2) is 42.5 Å². The normalized spacial score (nSPS) is 18.5. The minimum Gasteiger partial charge on any atom is -0.337 e. The van der Waals surface area contributed by atoms with Gasteiger partial charge in [0.15, 0.2) is 11.6 Å². The standard InChI is InChI=1S/C21H20F3N3O3/c1-3-26(11-13-5-4-6-15(22)9-13)18(28)12-27-19(29)21(2,25-20(27)30)14-7-8-16(23)17(24)10-14/h4-10H,3,11-12H2,1-2H3,(H,25,30).